The minimum Gasteiger partial charge on any atom is -0.469 e. The molecule has 0 unspecified atom stereocenters. The van der Waals surface area contributed by atoms with E-state index in [1.165, 1.54) is 11.5 Å². The second kappa shape index (κ2) is 4.87. The van der Waals surface area contributed by atoms with Crippen molar-refractivity contribution in [2.75, 3.05) is 11.9 Å². The van der Waals surface area contributed by atoms with Gasteiger partial charge in [-0.2, -0.15) is 4.37 Å². The Labute approximate surface area is 105 Å². The minimum absolute atomic E-state index is 0.0114. The van der Waals surface area contributed by atoms with E-state index in [1.807, 2.05) is 12.1 Å². The molecule has 0 saturated carbocycles. The average Bonchev–Trinajstić information content (AvgIpc) is 2.86. The van der Waals surface area contributed by atoms with Gasteiger partial charge in [0.15, 0.2) is 0 Å². The van der Waals surface area contributed by atoms with Gasteiger partial charge in [0.1, 0.15) is 11.6 Å². The predicted molar refractivity (Wildman–Crippen MR) is 69.5 cm³/mol. The van der Waals surface area contributed by atoms with Gasteiger partial charge >= 0.3 is 0 Å². The van der Waals surface area contributed by atoms with E-state index in [0.717, 1.165) is 29.7 Å². The lowest BCUT2D eigenvalue weighted by Gasteiger charge is -2.12. The third-order valence-corrected chi connectivity index (χ3v) is 3.00. The molecule has 2 rings (SSSR count). The predicted octanol–water partition coefficient (Wildman–Crippen LogP) is 3.08. The van der Waals surface area contributed by atoms with Gasteiger partial charge in [-0.05, 0) is 12.1 Å². The van der Waals surface area contributed by atoms with Crippen molar-refractivity contribution < 1.29 is 4.42 Å². The Bertz CT molecular complexity index is 456. The average molecular weight is 251 g/mol. The van der Waals surface area contributed by atoms with Crippen LogP contribution in [0.1, 0.15) is 32.4 Å². The molecule has 0 aromatic carbocycles. The van der Waals surface area contributed by atoms with Gasteiger partial charge in [-0.1, -0.05) is 20.8 Å². The topological polar surface area (TPSA) is 51.0 Å². The molecule has 2 heterocycles. The lowest BCUT2D eigenvalue weighted by atomic mass is 9.96. The SMILES string of the molecule is CC(C)(C)c1nsc(NCCc2ccco2)n1. The van der Waals surface area contributed by atoms with Gasteiger partial charge in [0.05, 0.1) is 6.26 Å². The van der Waals surface area contributed by atoms with Gasteiger partial charge in [-0.3, -0.25) is 0 Å². The Morgan fingerprint density at radius 1 is 1.41 bits per heavy atom. The highest BCUT2D eigenvalue weighted by atomic mass is 32.1. The zero-order chi connectivity index (χ0) is 12.3. The largest absolute Gasteiger partial charge is 0.469 e. The van der Waals surface area contributed by atoms with Crippen molar-refractivity contribution in [1.29, 1.82) is 0 Å². The zero-order valence-corrected chi connectivity index (χ0v) is 11.2. The molecule has 2 aromatic heterocycles. The molecule has 0 atom stereocenters. The van der Waals surface area contributed by atoms with E-state index >= 15 is 0 Å². The van der Waals surface area contributed by atoms with Crippen LogP contribution in [0.4, 0.5) is 5.13 Å². The van der Waals surface area contributed by atoms with Crippen molar-refractivity contribution in [3.8, 4) is 0 Å². The maximum atomic E-state index is 5.26. The van der Waals surface area contributed by atoms with Crippen LogP contribution in [0.3, 0.4) is 0 Å². The maximum Gasteiger partial charge on any atom is 0.202 e. The number of hydrogen-bond acceptors (Lipinski definition) is 5. The maximum absolute atomic E-state index is 5.26. The Morgan fingerprint density at radius 3 is 2.82 bits per heavy atom. The molecule has 2 aromatic rings. The second-order valence-corrected chi connectivity index (χ2v) is 5.68. The molecule has 0 amide bonds. The zero-order valence-electron chi connectivity index (χ0n) is 10.4. The highest BCUT2D eigenvalue weighted by Gasteiger charge is 2.19. The smallest absolute Gasteiger partial charge is 0.202 e. The number of furan rings is 1. The molecule has 0 saturated heterocycles. The quantitative estimate of drug-likeness (QED) is 0.907. The summed E-state index contributed by atoms with van der Waals surface area (Å²) in [7, 11) is 0. The molecule has 0 aliphatic heterocycles. The van der Waals surface area contributed by atoms with Crippen LogP contribution in [0.2, 0.25) is 0 Å². The number of nitrogens with zero attached hydrogens (tertiary/aromatic N) is 2. The Hall–Kier alpha value is -1.36. The van der Waals surface area contributed by atoms with Crippen molar-refractivity contribution in [2.24, 2.45) is 0 Å². The summed E-state index contributed by atoms with van der Waals surface area (Å²) in [5.41, 5.74) is 0.0114. The van der Waals surface area contributed by atoms with Crippen LogP contribution in [0.15, 0.2) is 22.8 Å². The summed E-state index contributed by atoms with van der Waals surface area (Å²) in [6, 6.07) is 3.88. The summed E-state index contributed by atoms with van der Waals surface area (Å²) in [6.45, 7) is 7.15. The van der Waals surface area contributed by atoms with Crippen molar-refractivity contribution in [3.05, 3.63) is 30.0 Å². The summed E-state index contributed by atoms with van der Waals surface area (Å²) < 4.78 is 9.61. The lowest BCUT2D eigenvalue weighted by Crippen LogP contribution is -2.13. The van der Waals surface area contributed by atoms with Gasteiger partial charge in [0.25, 0.3) is 0 Å². The van der Waals surface area contributed by atoms with Crippen molar-refractivity contribution in [2.45, 2.75) is 32.6 Å². The highest BCUT2D eigenvalue weighted by molar-refractivity contribution is 7.09. The molecule has 0 bridgehead atoms. The van der Waals surface area contributed by atoms with Gasteiger partial charge < -0.3 is 9.73 Å². The molecule has 0 aliphatic carbocycles. The summed E-state index contributed by atoms with van der Waals surface area (Å²) in [6.07, 6.45) is 2.55. The standard InChI is InChI=1S/C12H17N3OS/c1-12(2,3)10-14-11(17-15-10)13-7-6-9-5-4-8-16-9/h4-5,8H,6-7H2,1-3H3,(H,13,14,15). The Kier molecular flexibility index (Phi) is 3.47. The van der Waals surface area contributed by atoms with Crippen LogP contribution in [0, 0.1) is 0 Å². The molecule has 0 spiro atoms. The Morgan fingerprint density at radius 2 is 2.24 bits per heavy atom. The molecule has 0 fully saturated rings. The first-order valence-corrected chi connectivity index (χ1v) is 6.43. The first-order valence-electron chi connectivity index (χ1n) is 5.66. The molecule has 5 heteroatoms. The fourth-order valence-corrected chi connectivity index (χ4v) is 2.13. The van der Waals surface area contributed by atoms with E-state index in [4.69, 9.17) is 4.42 Å². The number of aromatic nitrogens is 2. The Balaban J connectivity index is 1.85. The number of anilines is 1. The lowest BCUT2D eigenvalue weighted by molar-refractivity contribution is 0.513. The minimum atomic E-state index is 0.0114. The van der Waals surface area contributed by atoms with E-state index in [-0.39, 0.29) is 5.41 Å². The third kappa shape index (κ3) is 3.30. The van der Waals surface area contributed by atoms with Crippen LogP contribution in [0.5, 0.6) is 0 Å². The van der Waals surface area contributed by atoms with Gasteiger partial charge in [0, 0.05) is 29.9 Å². The van der Waals surface area contributed by atoms with Crippen LogP contribution < -0.4 is 5.32 Å². The number of nitrogens with one attached hydrogen (secondary N) is 1. The first kappa shape index (κ1) is 12.1. The normalized spacial score (nSPS) is 11.7. The molecule has 92 valence electrons. The van der Waals surface area contributed by atoms with Crippen LogP contribution >= 0.6 is 11.5 Å². The van der Waals surface area contributed by atoms with E-state index in [0.29, 0.717) is 0 Å². The van der Waals surface area contributed by atoms with Crippen molar-refractivity contribution >= 4 is 16.7 Å². The van der Waals surface area contributed by atoms with Crippen LogP contribution in [0.25, 0.3) is 0 Å². The fourth-order valence-electron chi connectivity index (χ4n) is 1.35. The molecule has 4 nitrogen and oxygen atoms in total. The summed E-state index contributed by atoms with van der Waals surface area (Å²) >= 11 is 1.41. The second-order valence-electron chi connectivity index (χ2n) is 4.93. The van der Waals surface area contributed by atoms with E-state index in [1.54, 1.807) is 6.26 Å². The molecule has 0 aliphatic rings. The van der Waals surface area contributed by atoms with Crippen LogP contribution in [-0.2, 0) is 11.8 Å². The van der Waals surface area contributed by atoms with Gasteiger partial charge in [0.2, 0.25) is 5.13 Å². The fraction of sp³-hybridized carbons (Fsp3) is 0.500. The summed E-state index contributed by atoms with van der Waals surface area (Å²) in [5.74, 6) is 1.88. The number of rotatable bonds is 4. The van der Waals surface area contributed by atoms with E-state index in [2.05, 4.69) is 35.4 Å². The highest BCUT2D eigenvalue weighted by Crippen LogP contribution is 2.22. The molecule has 17 heavy (non-hydrogen) atoms. The van der Waals surface area contributed by atoms with E-state index in [9.17, 15) is 0 Å². The summed E-state index contributed by atoms with van der Waals surface area (Å²) in [5, 5.41) is 4.14. The van der Waals surface area contributed by atoms with Gasteiger partial charge in [-0.25, -0.2) is 4.98 Å². The monoisotopic (exact) mass is 251 g/mol. The third-order valence-electron chi connectivity index (χ3n) is 2.32. The van der Waals surface area contributed by atoms with Gasteiger partial charge in [-0.15, -0.1) is 0 Å². The van der Waals surface area contributed by atoms with E-state index < -0.39 is 0 Å². The number of hydrogen-bond donors (Lipinski definition) is 1. The van der Waals surface area contributed by atoms with Crippen LogP contribution in [-0.4, -0.2) is 15.9 Å². The van der Waals surface area contributed by atoms with Crippen molar-refractivity contribution in [3.63, 3.8) is 0 Å². The summed E-state index contributed by atoms with van der Waals surface area (Å²) in [4.78, 5) is 4.47. The molecule has 0 radical (unpaired) electrons. The molecular formula is C12H17N3OS. The first-order chi connectivity index (χ1) is 8.05. The molecular weight excluding hydrogens is 234 g/mol. The molecule has 1 N–H and O–H groups in total. The van der Waals surface area contributed by atoms with Crippen molar-refractivity contribution in [1.82, 2.24) is 9.36 Å².